The van der Waals surface area contributed by atoms with Gasteiger partial charge in [0.25, 0.3) is 17.2 Å². The molecular weight excluding hydrogens is 364 g/mol. The van der Waals surface area contributed by atoms with Crippen molar-refractivity contribution in [3.8, 4) is 0 Å². The van der Waals surface area contributed by atoms with Crippen molar-refractivity contribution < 1.29 is 14.5 Å². The van der Waals surface area contributed by atoms with Crippen molar-refractivity contribution in [2.45, 2.75) is 32.9 Å². The third kappa shape index (κ3) is 5.26. The van der Waals surface area contributed by atoms with Crippen molar-refractivity contribution in [1.82, 2.24) is 9.88 Å². The first-order valence-electron chi connectivity index (χ1n) is 8.72. The number of carbonyl (C=O) groups excluding carboxylic acids is 2. The number of hydrogen-bond acceptors (Lipinski definition) is 5. The van der Waals surface area contributed by atoms with Gasteiger partial charge < -0.3 is 11.1 Å². The number of pyridine rings is 1. The standard InChI is InChI=1S/C19H22N4O5/c1-12(2)8-16(13-6-4-3-5-7-13)21-17(24)11-22-10-14(23(27)28)9-15(18(20)25)19(22)26/h3-7,9-10,12,16H,8,11H2,1-2H3,(H2,20,25)(H,21,24). The van der Waals surface area contributed by atoms with Crippen LogP contribution in [0.3, 0.4) is 0 Å². The third-order valence-corrected chi connectivity index (χ3v) is 4.11. The number of nitrogens with zero attached hydrogens (tertiary/aromatic N) is 2. The number of nitro groups is 1. The predicted molar refractivity (Wildman–Crippen MR) is 103 cm³/mol. The molecule has 0 saturated heterocycles. The third-order valence-electron chi connectivity index (χ3n) is 4.11. The molecule has 9 nitrogen and oxygen atoms in total. The van der Waals surface area contributed by atoms with Gasteiger partial charge in [0.15, 0.2) is 0 Å². The smallest absolute Gasteiger partial charge is 0.286 e. The molecule has 2 amide bonds. The summed E-state index contributed by atoms with van der Waals surface area (Å²) in [4.78, 5) is 46.5. The second-order valence-corrected chi connectivity index (χ2v) is 6.83. The minimum Gasteiger partial charge on any atom is -0.365 e. The quantitative estimate of drug-likeness (QED) is 0.526. The number of hydrogen-bond donors (Lipinski definition) is 2. The van der Waals surface area contributed by atoms with E-state index < -0.39 is 40.1 Å². The van der Waals surface area contributed by atoms with Crippen LogP contribution in [0.1, 0.15) is 42.2 Å². The fourth-order valence-corrected chi connectivity index (χ4v) is 2.84. The lowest BCUT2D eigenvalue weighted by Gasteiger charge is -2.21. The number of benzene rings is 1. The predicted octanol–water partition coefficient (Wildman–Crippen LogP) is 1.76. The Hall–Kier alpha value is -3.49. The highest BCUT2D eigenvalue weighted by Crippen LogP contribution is 2.21. The summed E-state index contributed by atoms with van der Waals surface area (Å²) in [6, 6.07) is 9.89. The van der Waals surface area contributed by atoms with Gasteiger partial charge in [-0.3, -0.25) is 29.1 Å². The summed E-state index contributed by atoms with van der Waals surface area (Å²) in [6.45, 7) is 3.57. The molecule has 0 aliphatic carbocycles. The molecule has 1 aromatic carbocycles. The van der Waals surface area contributed by atoms with Crippen LogP contribution in [0.2, 0.25) is 0 Å². The molecule has 0 fully saturated rings. The van der Waals surface area contributed by atoms with Crippen LogP contribution in [0.4, 0.5) is 5.69 Å². The van der Waals surface area contributed by atoms with E-state index in [1.807, 2.05) is 44.2 Å². The number of amides is 2. The average Bonchev–Trinajstić information content (AvgIpc) is 2.62. The molecule has 1 aromatic heterocycles. The van der Waals surface area contributed by atoms with Crippen LogP contribution in [0.5, 0.6) is 0 Å². The van der Waals surface area contributed by atoms with E-state index in [0.717, 1.165) is 22.4 Å². The van der Waals surface area contributed by atoms with Crippen LogP contribution in [-0.2, 0) is 11.3 Å². The van der Waals surface area contributed by atoms with Gasteiger partial charge in [0, 0.05) is 6.07 Å². The summed E-state index contributed by atoms with van der Waals surface area (Å²) < 4.78 is 0.824. The van der Waals surface area contributed by atoms with E-state index in [-0.39, 0.29) is 6.04 Å². The van der Waals surface area contributed by atoms with Crippen LogP contribution < -0.4 is 16.6 Å². The van der Waals surface area contributed by atoms with Crippen LogP contribution in [0.25, 0.3) is 0 Å². The summed E-state index contributed by atoms with van der Waals surface area (Å²) in [5.74, 6) is -1.30. The summed E-state index contributed by atoms with van der Waals surface area (Å²) >= 11 is 0. The molecule has 2 rings (SSSR count). The van der Waals surface area contributed by atoms with Gasteiger partial charge in [-0.25, -0.2) is 0 Å². The molecule has 0 saturated carbocycles. The first-order valence-corrected chi connectivity index (χ1v) is 8.72. The average molecular weight is 386 g/mol. The lowest BCUT2D eigenvalue weighted by Crippen LogP contribution is -2.37. The molecule has 28 heavy (non-hydrogen) atoms. The van der Waals surface area contributed by atoms with Crippen molar-refractivity contribution in [2.75, 3.05) is 0 Å². The van der Waals surface area contributed by atoms with Gasteiger partial charge in [0.1, 0.15) is 12.1 Å². The minimum absolute atomic E-state index is 0.279. The van der Waals surface area contributed by atoms with Crippen LogP contribution in [0.15, 0.2) is 47.4 Å². The normalized spacial score (nSPS) is 11.8. The highest BCUT2D eigenvalue weighted by atomic mass is 16.6. The van der Waals surface area contributed by atoms with E-state index in [1.165, 1.54) is 0 Å². The molecule has 0 bridgehead atoms. The maximum absolute atomic E-state index is 12.5. The maximum Gasteiger partial charge on any atom is 0.286 e. The highest BCUT2D eigenvalue weighted by molar-refractivity contribution is 5.93. The number of nitrogens with two attached hydrogens (primary N) is 1. The lowest BCUT2D eigenvalue weighted by molar-refractivity contribution is -0.385. The molecule has 1 unspecified atom stereocenters. The zero-order valence-corrected chi connectivity index (χ0v) is 15.6. The van der Waals surface area contributed by atoms with E-state index in [0.29, 0.717) is 12.3 Å². The van der Waals surface area contributed by atoms with Crippen LogP contribution >= 0.6 is 0 Å². The Labute approximate surface area is 161 Å². The topological polar surface area (TPSA) is 137 Å². The van der Waals surface area contributed by atoms with Gasteiger partial charge >= 0.3 is 0 Å². The second kappa shape index (κ2) is 8.94. The van der Waals surface area contributed by atoms with Crippen molar-refractivity contribution >= 4 is 17.5 Å². The SMILES string of the molecule is CC(C)CC(NC(=O)Cn1cc([N+](=O)[O-])cc(C(N)=O)c1=O)c1ccccc1. The number of carbonyl (C=O) groups is 2. The van der Waals surface area contributed by atoms with Gasteiger partial charge in [-0.2, -0.15) is 0 Å². The molecule has 0 aliphatic heterocycles. The molecule has 1 atom stereocenters. The number of nitrogens with one attached hydrogen (secondary N) is 1. The summed E-state index contributed by atoms with van der Waals surface area (Å²) in [5.41, 5.74) is 4.14. The molecule has 9 heteroatoms. The first-order chi connectivity index (χ1) is 13.2. The van der Waals surface area contributed by atoms with Crippen LogP contribution in [0, 0.1) is 16.0 Å². The monoisotopic (exact) mass is 386 g/mol. The zero-order chi connectivity index (χ0) is 20.8. The molecule has 0 radical (unpaired) electrons. The van der Waals surface area contributed by atoms with Crippen molar-refractivity contribution in [2.24, 2.45) is 11.7 Å². The van der Waals surface area contributed by atoms with Gasteiger partial charge in [-0.05, 0) is 17.9 Å². The van der Waals surface area contributed by atoms with Crippen molar-refractivity contribution in [3.63, 3.8) is 0 Å². The van der Waals surface area contributed by atoms with E-state index in [1.54, 1.807) is 0 Å². The van der Waals surface area contributed by atoms with Crippen molar-refractivity contribution in [1.29, 1.82) is 0 Å². The molecular formula is C19H22N4O5. The van der Waals surface area contributed by atoms with Crippen molar-refractivity contribution in [3.05, 3.63) is 74.2 Å². The Balaban J connectivity index is 2.29. The van der Waals surface area contributed by atoms with Gasteiger partial charge in [0.05, 0.1) is 17.2 Å². The fourth-order valence-electron chi connectivity index (χ4n) is 2.84. The summed E-state index contributed by atoms with van der Waals surface area (Å²) in [7, 11) is 0. The van der Waals surface area contributed by atoms with Gasteiger partial charge in [-0.1, -0.05) is 44.2 Å². The number of primary amides is 1. The van der Waals surface area contributed by atoms with Crippen LogP contribution in [-0.4, -0.2) is 21.3 Å². The Bertz CT molecular complexity index is 937. The Morgan fingerprint density at radius 2 is 1.89 bits per heavy atom. The molecule has 0 aliphatic rings. The molecule has 148 valence electrons. The fraction of sp³-hybridized carbons (Fsp3) is 0.316. The summed E-state index contributed by atoms with van der Waals surface area (Å²) in [5, 5.41) is 13.9. The molecule has 0 spiro atoms. The van der Waals surface area contributed by atoms with E-state index in [4.69, 9.17) is 5.73 Å². The second-order valence-electron chi connectivity index (χ2n) is 6.83. The minimum atomic E-state index is -1.09. The largest absolute Gasteiger partial charge is 0.365 e. The highest BCUT2D eigenvalue weighted by Gasteiger charge is 2.20. The molecule has 1 heterocycles. The Kier molecular flexibility index (Phi) is 6.64. The summed E-state index contributed by atoms with van der Waals surface area (Å²) in [6.07, 6.45) is 1.60. The van der Waals surface area contributed by atoms with E-state index in [9.17, 15) is 24.5 Å². The first kappa shape index (κ1) is 20.8. The molecule has 2 aromatic rings. The Morgan fingerprint density at radius 3 is 2.43 bits per heavy atom. The van der Waals surface area contributed by atoms with Gasteiger partial charge in [-0.15, -0.1) is 0 Å². The number of aromatic nitrogens is 1. The maximum atomic E-state index is 12.5. The lowest BCUT2D eigenvalue weighted by atomic mass is 9.97. The van der Waals surface area contributed by atoms with E-state index in [2.05, 4.69) is 5.32 Å². The zero-order valence-electron chi connectivity index (χ0n) is 15.6. The Morgan fingerprint density at radius 1 is 1.25 bits per heavy atom. The van der Waals surface area contributed by atoms with E-state index >= 15 is 0 Å². The van der Waals surface area contributed by atoms with Gasteiger partial charge in [0.2, 0.25) is 5.91 Å². The number of rotatable bonds is 8. The molecule has 3 N–H and O–H groups in total.